The highest BCUT2D eigenvalue weighted by Gasteiger charge is 2.26. The van der Waals surface area contributed by atoms with E-state index in [4.69, 9.17) is 0 Å². The smallest absolute Gasteiger partial charge is 0.0101 e. The van der Waals surface area contributed by atoms with Gasteiger partial charge in [0.1, 0.15) is 0 Å². The second-order valence-electron chi connectivity index (χ2n) is 6.59. The average molecular weight is 414 g/mol. The van der Waals surface area contributed by atoms with Gasteiger partial charge in [0.05, 0.1) is 0 Å². The molecule has 0 atom stereocenters. The summed E-state index contributed by atoms with van der Waals surface area (Å²) in [6.07, 6.45) is 4.97. The van der Waals surface area contributed by atoms with Gasteiger partial charge in [-0.05, 0) is 41.3 Å². The van der Waals surface area contributed by atoms with E-state index in [1.807, 2.05) is 0 Å². The van der Waals surface area contributed by atoms with Gasteiger partial charge in [-0.1, -0.05) is 97.9 Å². The molecule has 0 aromatic heterocycles. The van der Waals surface area contributed by atoms with Crippen LogP contribution in [0.5, 0.6) is 0 Å². The molecule has 0 aliphatic carbocycles. The molecule has 0 spiro atoms. The Hall–Kier alpha value is -1.43. The molecule has 0 N–H and O–H groups in total. The molecule has 0 amide bonds. The Bertz CT molecular complexity index is 624. The van der Waals surface area contributed by atoms with E-state index >= 15 is 0 Å². The van der Waals surface area contributed by atoms with Crippen molar-refractivity contribution in [2.75, 3.05) is 6.16 Å². The normalized spacial score (nSPS) is 10.9. The van der Waals surface area contributed by atoms with Crippen molar-refractivity contribution >= 4 is 24.2 Å². The maximum absolute atomic E-state index is 2.39. The van der Waals surface area contributed by atoms with Gasteiger partial charge in [-0.2, -0.15) is 0 Å². The highest BCUT2D eigenvalue weighted by molar-refractivity contribution is 8.93. The van der Waals surface area contributed by atoms with E-state index in [0.717, 1.165) is 0 Å². The summed E-state index contributed by atoms with van der Waals surface area (Å²) in [6.45, 7) is 2.39. The van der Waals surface area contributed by atoms with Crippen molar-refractivity contribution in [2.24, 2.45) is 0 Å². The third-order valence-corrected chi connectivity index (χ3v) is 9.20. The summed E-state index contributed by atoms with van der Waals surface area (Å²) >= 11 is 0. The predicted molar refractivity (Wildman–Crippen MR) is 118 cm³/mol. The minimum absolute atomic E-state index is 0. The van der Waals surface area contributed by atoms with Crippen LogP contribution in [0.25, 0.3) is 0 Å². The van der Waals surface area contributed by atoms with Crippen LogP contribution in [0.15, 0.2) is 91.0 Å². The lowest BCUT2D eigenvalue weighted by Crippen LogP contribution is -2.07. The molecule has 0 heterocycles. The largest absolute Gasteiger partial charge is 0.114 e. The first kappa shape index (κ1) is 19.9. The molecule has 131 valence electrons. The van der Waals surface area contributed by atoms with Crippen LogP contribution in [0.4, 0.5) is 0 Å². The highest BCUT2D eigenvalue weighted by atomic mass is 79.9. The fourth-order valence-corrected chi connectivity index (χ4v) is 7.38. The van der Waals surface area contributed by atoms with Crippen molar-refractivity contribution in [3.8, 4) is 0 Å². The monoisotopic (exact) mass is 413 g/mol. The summed E-state index contributed by atoms with van der Waals surface area (Å²) in [6, 6.07) is 33.1. The topological polar surface area (TPSA) is 0 Å². The summed E-state index contributed by atoms with van der Waals surface area (Å²) in [4.78, 5) is 0. The first-order valence-electron chi connectivity index (χ1n) is 8.76. The second-order valence-corrected chi connectivity index (χ2v) is 10.9. The Morgan fingerprint density at radius 3 is 1.04 bits per heavy atom. The Morgan fingerprint density at radius 2 is 0.800 bits per heavy atom. The van der Waals surface area contributed by atoms with Crippen molar-refractivity contribution in [2.45, 2.75) is 25.4 Å². The van der Waals surface area contributed by atoms with E-state index in [2.05, 4.69) is 97.9 Å². The summed E-state index contributed by atoms with van der Waals surface area (Å²) in [5.74, 6) is 0. The first-order valence-corrected chi connectivity index (χ1v) is 11.3. The molecule has 2 heteroatoms. The molecule has 1 radical (unpaired) electrons. The lowest BCUT2D eigenvalue weighted by atomic mass is 10.2. The zero-order valence-electron chi connectivity index (χ0n) is 14.8. The van der Waals surface area contributed by atoms with Crippen LogP contribution in [-0.2, 0) is 18.5 Å². The van der Waals surface area contributed by atoms with Crippen LogP contribution < -0.4 is 0 Å². The molecule has 0 aliphatic heterocycles. The molecule has 0 nitrogen and oxygen atoms in total. The van der Waals surface area contributed by atoms with Crippen molar-refractivity contribution in [3.05, 3.63) is 108 Å². The number of hydrogen-bond donors (Lipinski definition) is 0. The van der Waals surface area contributed by atoms with Crippen LogP contribution in [0.3, 0.4) is 0 Å². The van der Waals surface area contributed by atoms with Crippen molar-refractivity contribution in [3.63, 3.8) is 0 Å². The first-order chi connectivity index (χ1) is 11.8. The van der Waals surface area contributed by atoms with Crippen LogP contribution >= 0.6 is 24.2 Å². The van der Waals surface area contributed by atoms with E-state index in [1.54, 1.807) is 0 Å². The van der Waals surface area contributed by atoms with Gasteiger partial charge in [0, 0.05) is 0 Å². The fraction of sp³-hybridized carbons (Fsp3) is 0.217. The second kappa shape index (κ2) is 9.90. The lowest BCUT2D eigenvalue weighted by molar-refractivity contribution is 1.18. The minimum Gasteiger partial charge on any atom is -0.114 e. The van der Waals surface area contributed by atoms with E-state index in [0.29, 0.717) is 0 Å². The van der Waals surface area contributed by atoms with Crippen molar-refractivity contribution in [1.29, 1.82) is 0 Å². The fourth-order valence-electron chi connectivity index (χ4n) is 3.42. The molecule has 3 aromatic carbocycles. The average Bonchev–Trinajstić information content (AvgIpc) is 2.64. The summed E-state index contributed by atoms with van der Waals surface area (Å²) in [5.41, 5.74) is 4.46. The summed E-state index contributed by atoms with van der Waals surface area (Å²) in [5, 5.41) is 0. The van der Waals surface area contributed by atoms with Crippen molar-refractivity contribution < 1.29 is 0 Å². The SMILES string of the molecule is Br.CC[P](Cc1ccccc1)(Cc1ccccc1)Cc1ccccc1. The Labute approximate surface area is 163 Å². The van der Waals surface area contributed by atoms with Gasteiger partial charge < -0.3 is 0 Å². The zero-order valence-corrected chi connectivity index (χ0v) is 17.5. The van der Waals surface area contributed by atoms with E-state index in [-0.39, 0.29) is 17.0 Å². The number of rotatable bonds is 7. The molecule has 0 saturated heterocycles. The van der Waals surface area contributed by atoms with Gasteiger partial charge in [0.25, 0.3) is 0 Å². The van der Waals surface area contributed by atoms with E-state index in [9.17, 15) is 0 Å². The molecule has 0 unspecified atom stereocenters. The van der Waals surface area contributed by atoms with E-state index < -0.39 is 7.26 Å². The number of halogens is 1. The standard InChI is InChI=1S/C23H26P.BrH/c1-2-24(18-21-12-6-3-7-13-21,19-22-14-8-4-9-15-22)20-23-16-10-5-11-17-23;/h3-17H,2,18-20H2,1H3;1H. The number of hydrogen-bond acceptors (Lipinski definition) is 0. The molecule has 3 aromatic rings. The third kappa shape index (κ3) is 5.80. The van der Waals surface area contributed by atoms with Gasteiger partial charge >= 0.3 is 0 Å². The van der Waals surface area contributed by atoms with E-state index in [1.165, 1.54) is 41.3 Å². The van der Waals surface area contributed by atoms with Crippen molar-refractivity contribution in [1.82, 2.24) is 0 Å². The molecule has 25 heavy (non-hydrogen) atoms. The molecular formula is C23H27BrP. The molecule has 3 rings (SSSR count). The van der Waals surface area contributed by atoms with Gasteiger partial charge in [-0.25, -0.2) is 0 Å². The minimum atomic E-state index is -1.14. The lowest BCUT2D eigenvalue weighted by Gasteiger charge is -2.36. The number of benzene rings is 3. The van der Waals surface area contributed by atoms with Crippen LogP contribution in [0, 0.1) is 0 Å². The van der Waals surface area contributed by atoms with Gasteiger partial charge in [-0.3, -0.25) is 0 Å². The maximum atomic E-state index is 2.39. The van der Waals surface area contributed by atoms with Gasteiger partial charge in [-0.15, -0.1) is 24.2 Å². The Kier molecular flexibility index (Phi) is 7.88. The zero-order chi connectivity index (χ0) is 16.7. The predicted octanol–water partition coefficient (Wildman–Crippen LogP) is 7.20. The maximum Gasteiger partial charge on any atom is -0.0101 e. The van der Waals surface area contributed by atoms with Crippen LogP contribution in [-0.4, -0.2) is 6.16 Å². The van der Waals surface area contributed by atoms with Gasteiger partial charge in [0.2, 0.25) is 0 Å². The molecule has 0 saturated carbocycles. The molecule has 0 aliphatic rings. The molecule has 0 bridgehead atoms. The summed E-state index contributed by atoms with van der Waals surface area (Å²) in [7, 11) is -1.14. The molecular weight excluding hydrogens is 387 g/mol. The third-order valence-electron chi connectivity index (χ3n) is 4.75. The Balaban J connectivity index is 0.00000225. The molecule has 0 fully saturated rings. The highest BCUT2D eigenvalue weighted by Crippen LogP contribution is 2.66. The quantitative estimate of drug-likeness (QED) is 0.359. The van der Waals surface area contributed by atoms with Crippen LogP contribution in [0.1, 0.15) is 23.6 Å². The summed E-state index contributed by atoms with van der Waals surface area (Å²) < 4.78 is 0. The van der Waals surface area contributed by atoms with Crippen LogP contribution in [0.2, 0.25) is 0 Å². The van der Waals surface area contributed by atoms with Gasteiger partial charge in [0.15, 0.2) is 0 Å². The Morgan fingerprint density at radius 1 is 0.520 bits per heavy atom.